The molecule has 0 unspecified atom stereocenters. The fraction of sp³-hybridized carbons (Fsp3) is 0.417. The zero-order valence-electron chi connectivity index (χ0n) is 11.7. The summed E-state index contributed by atoms with van der Waals surface area (Å²) in [6.45, 7) is 0.961. The number of hydrogen-bond acceptors (Lipinski definition) is 3. The van der Waals surface area contributed by atoms with Crippen LogP contribution in [0.2, 0.25) is 0 Å². The molecule has 1 N–H and O–H groups in total. The van der Waals surface area contributed by atoms with Crippen LogP contribution < -0.4 is 5.32 Å². The fourth-order valence-corrected chi connectivity index (χ4v) is 1.91. The van der Waals surface area contributed by atoms with Crippen molar-refractivity contribution in [3.05, 3.63) is 29.3 Å². The first-order valence-electron chi connectivity index (χ1n) is 5.91. The highest BCUT2D eigenvalue weighted by Gasteiger charge is 2.37. The Bertz CT molecular complexity index is 676. The quantitative estimate of drug-likeness (QED) is 0.840. The standard InChI is InChI=1S/C12H11F6NO3S/c1-6(23(2,21)22)10(20)19-9-4-7(11(13,14)15)3-8(5-9)12(16,17)18/h3-6H,1-2H3,(H,19,20)/t6-/m1/s1. The van der Waals surface area contributed by atoms with Gasteiger partial charge < -0.3 is 5.32 Å². The molecule has 1 rings (SSSR count). The van der Waals surface area contributed by atoms with Gasteiger partial charge in [-0.05, 0) is 25.1 Å². The van der Waals surface area contributed by atoms with Crippen molar-refractivity contribution in [2.75, 3.05) is 11.6 Å². The van der Waals surface area contributed by atoms with Crippen molar-refractivity contribution in [2.24, 2.45) is 0 Å². The number of anilines is 1. The number of carbonyl (C=O) groups is 1. The monoisotopic (exact) mass is 363 g/mol. The van der Waals surface area contributed by atoms with E-state index in [-0.39, 0.29) is 6.07 Å². The smallest absolute Gasteiger partial charge is 0.325 e. The number of hydrogen-bond donors (Lipinski definition) is 1. The molecule has 1 atom stereocenters. The second-order valence-corrected chi connectivity index (χ2v) is 7.12. The molecule has 0 saturated heterocycles. The summed E-state index contributed by atoms with van der Waals surface area (Å²) in [4.78, 5) is 11.6. The minimum atomic E-state index is -5.07. The Balaban J connectivity index is 3.29. The molecular weight excluding hydrogens is 352 g/mol. The fourth-order valence-electron chi connectivity index (χ4n) is 1.47. The van der Waals surface area contributed by atoms with E-state index < -0.39 is 50.2 Å². The lowest BCUT2D eigenvalue weighted by molar-refractivity contribution is -0.143. The zero-order chi connectivity index (χ0) is 18.2. The second kappa shape index (κ2) is 6.02. The minimum absolute atomic E-state index is 0.102. The summed E-state index contributed by atoms with van der Waals surface area (Å²) in [5, 5.41) is 0.122. The number of nitrogens with one attached hydrogen (secondary N) is 1. The summed E-state index contributed by atoms with van der Waals surface area (Å²) in [6, 6.07) is 0.486. The van der Waals surface area contributed by atoms with Gasteiger partial charge in [0.25, 0.3) is 0 Å². The lowest BCUT2D eigenvalue weighted by Crippen LogP contribution is -2.32. The molecule has 0 aromatic heterocycles. The van der Waals surface area contributed by atoms with Crippen LogP contribution in [0.4, 0.5) is 32.0 Å². The Kier molecular flexibility index (Phi) is 5.04. The molecule has 0 aliphatic rings. The maximum absolute atomic E-state index is 12.6. The van der Waals surface area contributed by atoms with Crippen molar-refractivity contribution in [3.63, 3.8) is 0 Å². The van der Waals surface area contributed by atoms with E-state index >= 15 is 0 Å². The van der Waals surface area contributed by atoms with Crippen molar-refractivity contribution in [1.82, 2.24) is 0 Å². The van der Waals surface area contributed by atoms with Gasteiger partial charge >= 0.3 is 12.4 Å². The molecular formula is C12H11F6NO3S. The molecule has 130 valence electrons. The molecule has 0 heterocycles. The second-order valence-electron chi connectivity index (χ2n) is 4.76. The lowest BCUT2D eigenvalue weighted by Gasteiger charge is -2.16. The highest BCUT2D eigenvalue weighted by molar-refractivity contribution is 7.92. The molecule has 11 heteroatoms. The van der Waals surface area contributed by atoms with E-state index in [1.54, 1.807) is 5.32 Å². The van der Waals surface area contributed by atoms with Gasteiger partial charge in [0, 0.05) is 11.9 Å². The van der Waals surface area contributed by atoms with Crippen LogP contribution in [-0.2, 0) is 27.0 Å². The average Bonchev–Trinajstić information content (AvgIpc) is 2.34. The Morgan fingerprint density at radius 1 is 1.00 bits per heavy atom. The van der Waals surface area contributed by atoms with Gasteiger partial charge in [-0.15, -0.1) is 0 Å². The predicted octanol–water partition coefficient (Wildman–Crippen LogP) is 3.10. The van der Waals surface area contributed by atoms with E-state index in [2.05, 4.69) is 0 Å². The number of halogens is 6. The minimum Gasteiger partial charge on any atom is -0.325 e. The van der Waals surface area contributed by atoms with E-state index in [1.807, 2.05) is 0 Å². The Morgan fingerprint density at radius 2 is 1.39 bits per heavy atom. The van der Waals surface area contributed by atoms with E-state index in [9.17, 15) is 39.6 Å². The van der Waals surface area contributed by atoms with Gasteiger partial charge in [0.05, 0.1) is 11.1 Å². The number of amides is 1. The third-order valence-corrected chi connectivity index (χ3v) is 4.37. The largest absolute Gasteiger partial charge is 0.416 e. The van der Waals surface area contributed by atoms with Crippen LogP contribution in [0.1, 0.15) is 18.1 Å². The highest BCUT2D eigenvalue weighted by Crippen LogP contribution is 2.37. The third-order valence-electron chi connectivity index (χ3n) is 2.87. The van der Waals surface area contributed by atoms with Crippen molar-refractivity contribution in [3.8, 4) is 0 Å². The van der Waals surface area contributed by atoms with E-state index in [4.69, 9.17) is 0 Å². The molecule has 4 nitrogen and oxygen atoms in total. The van der Waals surface area contributed by atoms with Crippen molar-refractivity contribution >= 4 is 21.4 Å². The molecule has 0 spiro atoms. The number of rotatable bonds is 3. The summed E-state index contributed by atoms with van der Waals surface area (Å²) >= 11 is 0. The van der Waals surface area contributed by atoms with Gasteiger partial charge in [-0.25, -0.2) is 8.42 Å². The topological polar surface area (TPSA) is 63.2 Å². The van der Waals surface area contributed by atoms with Crippen LogP contribution in [0.5, 0.6) is 0 Å². The van der Waals surface area contributed by atoms with Crippen molar-refractivity contribution < 1.29 is 39.6 Å². The number of benzene rings is 1. The van der Waals surface area contributed by atoms with Crippen LogP contribution in [0.15, 0.2) is 18.2 Å². The van der Waals surface area contributed by atoms with Gasteiger partial charge in [-0.3, -0.25) is 4.79 Å². The first-order chi connectivity index (χ1) is 10.1. The Morgan fingerprint density at radius 3 is 1.70 bits per heavy atom. The molecule has 0 bridgehead atoms. The molecule has 0 fully saturated rings. The van der Waals surface area contributed by atoms with Crippen LogP contribution >= 0.6 is 0 Å². The Labute approximate surface area is 127 Å². The molecule has 1 aromatic rings. The maximum atomic E-state index is 12.6. The van der Waals surface area contributed by atoms with Gasteiger partial charge in [0.2, 0.25) is 5.91 Å². The van der Waals surface area contributed by atoms with E-state index in [0.29, 0.717) is 18.4 Å². The number of sulfone groups is 1. The van der Waals surface area contributed by atoms with E-state index in [1.165, 1.54) is 0 Å². The lowest BCUT2D eigenvalue weighted by atomic mass is 10.1. The van der Waals surface area contributed by atoms with Crippen molar-refractivity contribution in [2.45, 2.75) is 24.5 Å². The molecule has 0 radical (unpaired) electrons. The van der Waals surface area contributed by atoms with Gasteiger partial charge in [0.1, 0.15) is 5.25 Å². The summed E-state index contributed by atoms with van der Waals surface area (Å²) in [5.74, 6) is -1.24. The number of alkyl halides is 6. The van der Waals surface area contributed by atoms with Gasteiger partial charge in [-0.2, -0.15) is 26.3 Å². The summed E-state index contributed by atoms with van der Waals surface area (Å²) in [6.07, 6.45) is -9.42. The SMILES string of the molecule is C[C@H](C(=O)Nc1cc(C(F)(F)F)cc(C(F)(F)F)c1)S(C)(=O)=O. The van der Waals surface area contributed by atoms with Crippen LogP contribution in [0.3, 0.4) is 0 Å². The molecule has 0 saturated carbocycles. The van der Waals surface area contributed by atoms with Crippen LogP contribution in [0, 0.1) is 0 Å². The summed E-state index contributed by atoms with van der Waals surface area (Å²) in [5.41, 5.74) is -4.03. The van der Waals surface area contributed by atoms with Gasteiger partial charge in [0.15, 0.2) is 9.84 Å². The molecule has 1 amide bonds. The van der Waals surface area contributed by atoms with Gasteiger partial charge in [-0.1, -0.05) is 0 Å². The zero-order valence-corrected chi connectivity index (χ0v) is 12.5. The third kappa shape index (κ3) is 5.12. The Hall–Kier alpha value is -1.78. The molecule has 1 aromatic carbocycles. The maximum Gasteiger partial charge on any atom is 0.416 e. The van der Waals surface area contributed by atoms with Crippen LogP contribution in [0.25, 0.3) is 0 Å². The first kappa shape index (κ1) is 19.3. The molecule has 0 aliphatic heterocycles. The predicted molar refractivity (Wildman–Crippen MR) is 69.4 cm³/mol. The van der Waals surface area contributed by atoms with Crippen LogP contribution in [-0.4, -0.2) is 25.8 Å². The summed E-state index contributed by atoms with van der Waals surface area (Å²) < 4.78 is 98.3. The highest BCUT2D eigenvalue weighted by atomic mass is 32.2. The normalized spacial score (nSPS) is 14.4. The van der Waals surface area contributed by atoms with E-state index in [0.717, 1.165) is 6.92 Å². The molecule has 23 heavy (non-hydrogen) atoms. The molecule has 0 aliphatic carbocycles. The summed E-state index contributed by atoms with van der Waals surface area (Å²) in [7, 11) is -3.86. The number of carbonyl (C=O) groups excluding carboxylic acids is 1. The first-order valence-corrected chi connectivity index (χ1v) is 7.87. The average molecular weight is 363 g/mol. The van der Waals surface area contributed by atoms with Crippen molar-refractivity contribution in [1.29, 1.82) is 0 Å².